The molecular weight excluding hydrogens is 360 g/mol. The lowest BCUT2D eigenvalue weighted by Gasteiger charge is -2.20. The Hall–Kier alpha value is -2.62. The second-order valence-corrected chi connectivity index (χ2v) is 8.77. The van der Waals surface area contributed by atoms with E-state index in [1.54, 1.807) is 0 Å². The van der Waals surface area contributed by atoms with Gasteiger partial charge in [-0.1, -0.05) is 75.7 Å². The van der Waals surface area contributed by atoms with E-state index in [1.165, 1.54) is 5.56 Å². The number of amides is 2. The molecule has 2 amide bonds. The van der Waals surface area contributed by atoms with Crippen LogP contribution in [0.2, 0.25) is 0 Å². The summed E-state index contributed by atoms with van der Waals surface area (Å²) in [6, 6.07) is 14.3. The maximum Gasteiger partial charge on any atom is 0.228 e. The van der Waals surface area contributed by atoms with E-state index in [-0.39, 0.29) is 23.7 Å². The van der Waals surface area contributed by atoms with Gasteiger partial charge in [-0.3, -0.25) is 9.59 Å². The molecule has 0 aromatic heterocycles. The third-order valence-electron chi connectivity index (χ3n) is 5.63. The highest BCUT2D eigenvalue weighted by atomic mass is 16.2. The Bertz CT molecular complexity index is 875. The molecule has 0 saturated heterocycles. The number of carbonyl (C=O) groups excluding carboxylic acids is 2. The molecule has 0 bridgehead atoms. The van der Waals surface area contributed by atoms with Gasteiger partial charge in [0.2, 0.25) is 11.8 Å². The van der Waals surface area contributed by atoms with Gasteiger partial charge in [-0.25, -0.2) is 0 Å². The molecule has 154 valence electrons. The van der Waals surface area contributed by atoms with Crippen molar-refractivity contribution in [2.24, 2.45) is 11.8 Å². The largest absolute Gasteiger partial charge is 0.352 e. The van der Waals surface area contributed by atoms with E-state index in [9.17, 15) is 9.59 Å². The number of carbonyl (C=O) groups is 2. The molecule has 29 heavy (non-hydrogen) atoms. The number of hydrogen-bond acceptors (Lipinski definition) is 2. The molecule has 2 aromatic carbocycles. The summed E-state index contributed by atoms with van der Waals surface area (Å²) in [6.45, 7) is 11.1. The average molecular weight is 393 g/mol. The summed E-state index contributed by atoms with van der Waals surface area (Å²) in [7, 11) is 0. The molecule has 1 saturated carbocycles. The van der Waals surface area contributed by atoms with Crippen molar-refractivity contribution in [3.8, 4) is 0 Å². The first-order valence-electron chi connectivity index (χ1n) is 10.5. The van der Waals surface area contributed by atoms with Crippen LogP contribution in [0.15, 0.2) is 42.5 Å². The molecule has 0 heterocycles. The molecule has 2 unspecified atom stereocenters. The Morgan fingerprint density at radius 2 is 1.52 bits per heavy atom. The van der Waals surface area contributed by atoms with E-state index < -0.39 is 0 Å². The molecule has 0 spiro atoms. The highest BCUT2D eigenvalue weighted by Crippen LogP contribution is 2.41. The molecule has 4 heteroatoms. The van der Waals surface area contributed by atoms with Gasteiger partial charge in [-0.2, -0.15) is 0 Å². The maximum atomic E-state index is 12.9. The number of nitrogens with one attached hydrogen (secondary N) is 2. The van der Waals surface area contributed by atoms with E-state index in [0.717, 1.165) is 22.4 Å². The first-order valence-corrected chi connectivity index (χ1v) is 10.5. The first kappa shape index (κ1) is 21.1. The zero-order chi connectivity index (χ0) is 21.1. The van der Waals surface area contributed by atoms with E-state index >= 15 is 0 Å². The standard InChI is InChI=1S/C25H32N2O2/c1-15(2)19-10-7-11-20(16(3)4)23(19)27-25(29)22-13-21(22)24(28)26-14-18-9-6-8-17(5)12-18/h6-12,15-16,21-22H,13-14H2,1-5H3,(H,26,28)(H,27,29). The number of rotatable bonds is 7. The smallest absolute Gasteiger partial charge is 0.228 e. The van der Waals surface area contributed by atoms with Crippen LogP contribution in [0.25, 0.3) is 0 Å². The molecular formula is C25H32N2O2. The normalized spacial score (nSPS) is 18.0. The van der Waals surface area contributed by atoms with Crippen molar-refractivity contribution in [1.82, 2.24) is 5.32 Å². The molecule has 2 atom stereocenters. The van der Waals surface area contributed by atoms with E-state index in [0.29, 0.717) is 24.8 Å². The zero-order valence-electron chi connectivity index (χ0n) is 18.1. The molecule has 0 radical (unpaired) electrons. The lowest BCUT2D eigenvalue weighted by molar-refractivity contribution is -0.125. The first-order chi connectivity index (χ1) is 13.8. The fraction of sp³-hybridized carbons (Fsp3) is 0.440. The molecule has 0 aliphatic heterocycles. The number of aryl methyl sites for hydroxylation is 1. The lowest BCUT2D eigenvalue weighted by Crippen LogP contribution is -2.27. The van der Waals surface area contributed by atoms with Gasteiger partial charge < -0.3 is 10.6 Å². The Morgan fingerprint density at radius 1 is 0.931 bits per heavy atom. The predicted molar refractivity (Wildman–Crippen MR) is 118 cm³/mol. The molecule has 1 fully saturated rings. The topological polar surface area (TPSA) is 58.2 Å². The lowest BCUT2D eigenvalue weighted by atomic mass is 9.92. The van der Waals surface area contributed by atoms with Crippen LogP contribution in [0.1, 0.15) is 68.2 Å². The Balaban J connectivity index is 1.62. The molecule has 1 aliphatic rings. The Kier molecular flexibility index (Phi) is 6.41. The van der Waals surface area contributed by atoms with Gasteiger partial charge in [0.25, 0.3) is 0 Å². The third-order valence-corrected chi connectivity index (χ3v) is 5.63. The quantitative estimate of drug-likeness (QED) is 0.686. The van der Waals surface area contributed by atoms with E-state index in [2.05, 4.69) is 62.6 Å². The van der Waals surface area contributed by atoms with Crippen molar-refractivity contribution in [2.75, 3.05) is 5.32 Å². The molecule has 4 nitrogen and oxygen atoms in total. The van der Waals surface area contributed by atoms with Gasteiger partial charge in [-0.15, -0.1) is 0 Å². The molecule has 2 N–H and O–H groups in total. The van der Waals surface area contributed by atoms with Crippen LogP contribution < -0.4 is 10.6 Å². The van der Waals surface area contributed by atoms with Gasteiger partial charge in [0, 0.05) is 12.2 Å². The summed E-state index contributed by atoms with van der Waals surface area (Å²) in [5.41, 5.74) is 5.46. The van der Waals surface area contributed by atoms with Crippen LogP contribution in [0.3, 0.4) is 0 Å². The van der Waals surface area contributed by atoms with Crippen molar-refractivity contribution >= 4 is 17.5 Å². The van der Waals surface area contributed by atoms with Crippen molar-refractivity contribution < 1.29 is 9.59 Å². The number of anilines is 1. The average Bonchev–Trinajstić information content (AvgIpc) is 3.47. The number of benzene rings is 2. The second kappa shape index (κ2) is 8.81. The minimum absolute atomic E-state index is 0.0344. The van der Waals surface area contributed by atoms with Crippen LogP contribution in [-0.2, 0) is 16.1 Å². The fourth-order valence-electron chi connectivity index (χ4n) is 3.83. The monoisotopic (exact) mass is 392 g/mol. The molecule has 2 aromatic rings. The van der Waals surface area contributed by atoms with Crippen molar-refractivity contribution in [3.05, 3.63) is 64.7 Å². The summed E-state index contributed by atoms with van der Waals surface area (Å²) >= 11 is 0. The van der Waals surface area contributed by atoms with Crippen LogP contribution in [0, 0.1) is 18.8 Å². The summed E-state index contributed by atoms with van der Waals surface area (Å²) in [5.74, 6) is 0.0816. The Morgan fingerprint density at radius 3 is 2.10 bits per heavy atom. The Labute approximate surface area is 174 Å². The van der Waals surface area contributed by atoms with Gasteiger partial charge in [0.05, 0.1) is 11.8 Å². The van der Waals surface area contributed by atoms with Crippen LogP contribution in [0.5, 0.6) is 0 Å². The fourth-order valence-corrected chi connectivity index (χ4v) is 3.83. The zero-order valence-corrected chi connectivity index (χ0v) is 18.1. The highest BCUT2D eigenvalue weighted by molar-refractivity contribution is 6.00. The van der Waals surface area contributed by atoms with Gasteiger partial charge in [0.1, 0.15) is 0 Å². The highest BCUT2D eigenvalue weighted by Gasteiger charge is 2.48. The van der Waals surface area contributed by atoms with Crippen LogP contribution in [0.4, 0.5) is 5.69 Å². The van der Waals surface area contributed by atoms with Crippen LogP contribution in [-0.4, -0.2) is 11.8 Å². The van der Waals surface area contributed by atoms with Crippen LogP contribution >= 0.6 is 0 Å². The summed E-state index contributed by atoms with van der Waals surface area (Å²) < 4.78 is 0. The summed E-state index contributed by atoms with van der Waals surface area (Å²) in [4.78, 5) is 25.4. The van der Waals surface area contributed by atoms with Gasteiger partial charge in [0.15, 0.2) is 0 Å². The molecule has 3 rings (SSSR count). The van der Waals surface area contributed by atoms with Crippen molar-refractivity contribution in [3.63, 3.8) is 0 Å². The minimum Gasteiger partial charge on any atom is -0.352 e. The van der Waals surface area contributed by atoms with Crippen molar-refractivity contribution in [1.29, 1.82) is 0 Å². The SMILES string of the molecule is Cc1cccc(CNC(=O)C2CC2C(=O)Nc2c(C(C)C)cccc2C(C)C)c1. The number of para-hydroxylation sites is 1. The summed E-state index contributed by atoms with van der Waals surface area (Å²) in [5, 5.41) is 6.13. The van der Waals surface area contributed by atoms with E-state index in [4.69, 9.17) is 0 Å². The van der Waals surface area contributed by atoms with Crippen molar-refractivity contribution in [2.45, 2.75) is 59.4 Å². The maximum absolute atomic E-state index is 12.9. The predicted octanol–water partition coefficient (Wildman–Crippen LogP) is 5.13. The van der Waals surface area contributed by atoms with Gasteiger partial charge >= 0.3 is 0 Å². The van der Waals surface area contributed by atoms with Gasteiger partial charge in [-0.05, 0) is 41.9 Å². The third kappa shape index (κ3) is 5.06. The molecule has 1 aliphatic carbocycles. The number of hydrogen-bond donors (Lipinski definition) is 2. The second-order valence-electron chi connectivity index (χ2n) is 8.77. The van der Waals surface area contributed by atoms with E-state index in [1.807, 2.05) is 25.1 Å². The summed E-state index contributed by atoms with van der Waals surface area (Å²) in [6.07, 6.45) is 0.617. The minimum atomic E-state index is -0.243.